The summed E-state index contributed by atoms with van der Waals surface area (Å²) >= 11 is 5.23. The van der Waals surface area contributed by atoms with Gasteiger partial charge in [0.2, 0.25) is 0 Å². The molecule has 4 heteroatoms. The fourth-order valence-corrected chi connectivity index (χ4v) is 1.02. The highest BCUT2D eigenvalue weighted by Gasteiger charge is 2.04. The van der Waals surface area contributed by atoms with Crippen LogP contribution in [0.2, 0.25) is 0 Å². The van der Waals surface area contributed by atoms with Gasteiger partial charge in [-0.25, -0.2) is 0 Å². The summed E-state index contributed by atoms with van der Waals surface area (Å²) in [6.45, 7) is 0. The summed E-state index contributed by atoms with van der Waals surface area (Å²) in [4.78, 5) is 21.7. The number of hydrogen-bond donors (Lipinski definition) is 1. The lowest BCUT2D eigenvalue weighted by molar-refractivity contribution is 0.0962. The second kappa shape index (κ2) is 4.05. The number of rotatable bonds is 2. The quantitative estimate of drug-likeness (QED) is 0.729. The molecule has 13 heavy (non-hydrogen) atoms. The van der Waals surface area contributed by atoms with Crippen LogP contribution in [0.1, 0.15) is 20.7 Å². The first-order valence-electron chi connectivity index (χ1n) is 3.67. The van der Waals surface area contributed by atoms with Crippen LogP contribution in [0, 0.1) is 0 Å². The van der Waals surface area contributed by atoms with Crippen LogP contribution in [0.3, 0.4) is 0 Å². The van der Waals surface area contributed by atoms with Crippen LogP contribution in [-0.4, -0.2) is 18.2 Å². The number of hydrogen-bond acceptors (Lipinski definition) is 2. The highest BCUT2D eigenvalue weighted by molar-refractivity contribution is 6.67. The van der Waals surface area contributed by atoms with E-state index in [0.717, 1.165) is 0 Å². The summed E-state index contributed by atoms with van der Waals surface area (Å²) in [7, 11) is 1.54. The zero-order valence-electron chi connectivity index (χ0n) is 7.00. The molecule has 0 radical (unpaired) electrons. The molecule has 0 atom stereocenters. The lowest BCUT2D eigenvalue weighted by Gasteiger charge is -1.99. The monoisotopic (exact) mass is 197 g/mol. The van der Waals surface area contributed by atoms with Crippen molar-refractivity contribution < 1.29 is 9.59 Å². The van der Waals surface area contributed by atoms with Crippen LogP contribution in [0.5, 0.6) is 0 Å². The fourth-order valence-electron chi connectivity index (χ4n) is 0.897. The number of nitrogens with one attached hydrogen (secondary N) is 1. The Morgan fingerprint density at radius 1 is 1.15 bits per heavy atom. The Kier molecular flexibility index (Phi) is 3.03. The lowest BCUT2D eigenvalue weighted by Crippen LogP contribution is -2.17. The van der Waals surface area contributed by atoms with Crippen LogP contribution < -0.4 is 5.32 Å². The molecule has 1 rings (SSSR count). The highest BCUT2D eigenvalue weighted by atomic mass is 35.5. The van der Waals surface area contributed by atoms with E-state index in [2.05, 4.69) is 5.32 Å². The molecule has 0 spiro atoms. The van der Waals surface area contributed by atoms with Crippen LogP contribution in [0.4, 0.5) is 0 Å². The van der Waals surface area contributed by atoms with Gasteiger partial charge < -0.3 is 5.32 Å². The molecule has 68 valence electrons. The molecule has 1 N–H and O–H groups in total. The van der Waals surface area contributed by atoms with E-state index in [0.29, 0.717) is 11.1 Å². The molecule has 0 aliphatic rings. The molecule has 0 bridgehead atoms. The van der Waals surface area contributed by atoms with Crippen molar-refractivity contribution in [1.82, 2.24) is 5.32 Å². The van der Waals surface area contributed by atoms with Gasteiger partial charge in [0.05, 0.1) is 0 Å². The average molecular weight is 198 g/mol. The lowest BCUT2D eigenvalue weighted by atomic mass is 10.1. The molecule has 0 saturated heterocycles. The predicted octanol–water partition coefficient (Wildman–Crippen LogP) is 1.43. The van der Waals surface area contributed by atoms with E-state index >= 15 is 0 Å². The van der Waals surface area contributed by atoms with E-state index < -0.39 is 5.24 Å². The van der Waals surface area contributed by atoms with E-state index in [1.54, 1.807) is 19.2 Å². The Labute approximate surface area is 80.7 Å². The fraction of sp³-hybridized carbons (Fsp3) is 0.111. The molecule has 0 aliphatic carbocycles. The van der Waals surface area contributed by atoms with E-state index in [1.165, 1.54) is 12.1 Å². The number of amides is 1. The zero-order valence-corrected chi connectivity index (χ0v) is 7.76. The smallest absolute Gasteiger partial charge is 0.252 e. The Morgan fingerprint density at radius 3 is 2.00 bits per heavy atom. The first-order chi connectivity index (χ1) is 6.15. The van der Waals surface area contributed by atoms with Crippen molar-refractivity contribution in [2.45, 2.75) is 0 Å². The third kappa shape index (κ3) is 2.29. The van der Waals surface area contributed by atoms with Gasteiger partial charge in [0.25, 0.3) is 11.1 Å². The normalized spacial score (nSPS) is 9.38. The Hall–Kier alpha value is -1.35. The molecule has 1 aromatic rings. The summed E-state index contributed by atoms with van der Waals surface area (Å²) in [6, 6.07) is 6.13. The molecule has 0 aliphatic heterocycles. The topological polar surface area (TPSA) is 46.2 Å². The van der Waals surface area contributed by atoms with Gasteiger partial charge in [-0.15, -0.1) is 0 Å². The van der Waals surface area contributed by atoms with Gasteiger partial charge in [-0.3, -0.25) is 9.59 Å². The second-order valence-electron chi connectivity index (χ2n) is 2.43. The largest absolute Gasteiger partial charge is 0.355 e. The van der Waals surface area contributed by atoms with Crippen LogP contribution in [0.15, 0.2) is 24.3 Å². The van der Waals surface area contributed by atoms with Gasteiger partial charge in [-0.05, 0) is 35.9 Å². The maximum absolute atomic E-state index is 11.1. The number of benzene rings is 1. The molecular formula is C9H8ClNO2. The van der Waals surface area contributed by atoms with E-state index in [-0.39, 0.29) is 5.91 Å². The minimum Gasteiger partial charge on any atom is -0.355 e. The van der Waals surface area contributed by atoms with Crippen molar-refractivity contribution in [2.75, 3.05) is 7.05 Å². The highest BCUT2D eigenvalue weighted by Crippen LogP contribution is 2.06. The molecule has 0 unspecified atom stereocenters. The van der Waals surface area contributed by atoms with Gasteiger partial charge in [0.15, 0.2) is 0 Å². The van der Waals surface area contributed by atoms with Gasteiger partial charge in [-0.2, -0.15) is 0 Å². The van der Waals surface area contributed by atoms with Crippen LogP contribution >= 0.6 is 11.6 Å². The number of carbonyl (C=O) groups is 2. The van der Waals surface area contributed by atoms with Gasteiger partial charge in [-0.1, -0.05) is 0 Å². The number of halogens is 1. The molecular weight excluding hydrogens is 190 g/mol. The predicted molar refractivity (Wildman–Crippen MR) is 50.0 cm³/mol. The van der Waals surface area contributed by atoms with Crippen LogP contribution in [-0.2, 0) is 0 Å². The molecule has 0 saturated carbocycles. The minimum absolute atomic E-state index is 0.187. The average Bonchev–Trinajstić information content (AvgIpc) is 2.17. The third-order valence-corrected chi connectivity index (χ3v) is 1.82. The summed E-state index contributed by atoms with van der Waals surface area (Å²) in [5.74, 6) is -0.187. The summed E-state index contributed by atoms with van der Waals surface area (Å²) in [6.07, 6.45) is 0. The molecule has 1 aromatic carbocycles. The zero-order chi connectivity index (χ0) is 9.84. The Balaban J connectivity index is 2.93. The van der Waals surface area contributed by atoms with Crippen LogP contribution in [0.25, 0.3) is 0 Å². The second-order valence-corrected chi connectivity index (χ2v) is 2.77. The first kappa shape index (κ1) is 9.74. The Bertz CT molecular complexity index is 332. The van der Waals surface area contributed by atoms with Gasteiger partial charge in [0, 0.05) is 18.2 Å². The van der Waals surface area contributed by atoms with E-state index in [4.69, 9.17) is 11.6 Å². The summed E-state index contributed by atoms with van der Waals surface area (Å²) < 4.78 is 0. The van der Waals surface area contributed by atoms with Crippen molar-refractivity contribution in [3.05, 3.63) is 35.4 Å². The number of carbonyl (C=O) groups excluding carboxylic acids is 2. The van der Waals surface area contributed by atoms with Crippen molar-refractivity contribution >= 4 is 22.8 Å². The first-order valence-corrected chi connectivity index (χ1v) is 4.05. The summed E-state index contributed by atoms with van der Waals surface area (Å²) in [5, 5.41) is 1.95. The molecule has 0 heterocycles. The maximum atomic E-state index is 11.1. The van der Waals surface area contributed by atoms with Gasteiger partial charge >= 0.3 is 0 Å². The van der Waals surface area contributed by atoms with Gasteiger partial charge in [0.1, 0.15) is 0 Å². The van der Waals surface area contributed by atoms with E-state index in [9.17, 15) is 9.59 Å². The van der Waals surface area contributed by atoms with E-state index in [1.807, 2.05) is 0 Å². The molecule has 0 fully saturated rings. The SMILES string of the molecule is CNC(=O)c1ccc(C(=O)Cl)cc1. The van der Waals surface area contributed by atoms with Crippen molar-refractivity contribution in [3.63, 3.8) is 0 Å². The van der Waals surface area contributed by atoms with Crippen molar-refractivity contribution in [1.29, 1.82) is 0 Å². The Morgan fingerprint density at radius 2 is 1.62 bits per heavy atom. The van der Waals surface area contributed by atoms with Crippen molar-refractivity contribution in [3.8, 4) is 0 Å². The molecule has 0 aromatic heterocycles. The third-order valence-electron chi connectivity index (χ3n) is 1.60. The summed E-state index contributed by atoms with van der Waals surface area (Å²) in [5.41, 5.74) is 0.887. The maximum Gasteiger partial charge on any atom is 0.252 e. The molecule has 1 amide bonds. The molecule has 3 nitrogen and oxygen atoms in total. The standard InChI is InChI=1S/C9H8ClNO2/c1-11-9(13)7-4-2-6(3-5-7)8(10)12/h2-5H,1H3,(H,11,13). The minimum atomic E-state index is -0.525. The van der Waals surface area contributed by atoms with Crippen molar-refractivity contribution in [2.24, 2.45) is 0 Å².